The average Bonchev–Trinajstić information content (AvgIpc) is 2.63. The second-order valence-electron chi connectivity index (χ2n) is 3.75. The van der Waals surface area contributed by atoms with E-state index in [1.165, 1.54) is 12.1 Å². The molecule has 1 fully saturated rings. The molecule has 1 aliphatic heterocycles. The van der Waals surface area contributed by atoms with Gasteiger partial charge < -0.3 is 10.7 Å². The Bertz CT molecular complexity index is 412. The molecule has 2 nitrogen and oxygen atoms in total. The zero-order chi connectivity index (χ0) is 11.8. The minimum absolute atomic E-state index is 0.150. The maximum Gasteiger partial charge on any atom is 0.416 e. The van der Waals surface area contributed by atoms with Gasteiger partial charge in [-0.15, -0.1) is 0 Å². The van der Waals surface area contributed by atoms with E-state index in [1.807, 2.05) is 0 Å². The minimum Gasteiger partial charge on any atom is -0.308 e. The van der Waals surface area contributed by atoms with E-state index in [2.05, 4.69) is 5.32 Å². The number of alkyl halides is 3. The Morgan fingerprint density at radius 1 is 1.25 bits per heavy atom. The summed E-state index contributed by atoms with van der Waals surface area (Å²) < 4.78 is 38.2. The lowest BCUT2D eigenvalue weighted by molar-refractivity contribution is -0.138. The van der Waals surface area contributed by atoms with E-state index in [0.717, 1.165) is 6.07 Å². The molecule has 0 amide bonds. The van der Waals surface area contributed by atoms with Crippen LogP contribution in [0, 0.1) is 5.41 Å². The quantitative estimate of drug-likeness (QED) is 0.761. The third kappa shape index (κ3) is 1.95. The number of hydrogen-bond acceptors (Lipinski definition) is 2. The summed E-state index contributed by atoms with van der Waals surface area (Å²) in [6.45, 7) is 0.565. The highest BCUT2D eigenvalue weighted by atomic mass is 19.4. The van der Waals surface area contributed by atoms with Gasteiger partial charge in [0.1, 0.15) is 0 Å². The molecule has 1 aromatic carbocycles. The van der Waals surface area contributed by atoms with Crippen molar-refractivity contribution >= 4 is 5.71 Å². The van der Waals surface area contributed by atoms with Gasteiger partial charge in [-0.1, -0.05) is 18.2 Å². The van der Waals surface area contributed by atoms with Gasteiger partial charge in [-0.3, -0.25) is 0 Å². The zero-order valence-electron chi connectivity index (χ0n) is 8.43. The third-order valence-corrected chi connectivity index (χ3v) is 2.67. The molecule has 2 N–H and O–H groups in total. The predicted molar refractivity (Wildman–Crippen MR) is 54.5 cm³/mol. The van der Waals surface area contributed by atoms with Gasteiger partial charge in [0.15, 0.2) is 0 Å². The Kier molecular flexibility index (Phi) is 2.71. The highest BCUT2D eigenvalue weighted by Crippen LogP contribution is 2.35. The van der Waals surface area contributed by atoms with Crippen molar-refractivity contribution in [3.05, 3.63) is 35.4 Å². The fourth-order valence-electron chi connectivity index (χ4n) is 1.92. The van der Waals surface area contributed by atoms with Crippen molar-refractivity contribution in [3.63, 3.8) is 0 Å². The second-order valence-corrected chi connectivity index (χ2v) is 3.75. The lowest BCUT2D eigenvalue weighted by atomic mass is 9.97. The van der Waals surface area contributed by atoms with E-state index in [-0.39, 0.29) is 5.56 Å². The van der Waals surface area contributed by atoms with Crippen LogP contribution >= 0.6 is 0 Å². The van der Waals surface area contributed by atoms with Gasteiger partial charge in [-0.05, 0) is 18.1 Å². The number of benzene rings is 1. The monoisotopic (exact) mass is 228 g/mol. The van der Waals surface area contributed by atoms with Crippen LogP contribution in [0.5, 0.6) is 0 Å². The third-order valence-electron chi connectivity index (χ3n) is 2.67. The summed E-state index contributed by atoms with van der Waals surface area (Å²) in [4.78, 5) is 0. The molecule has 1 aliphatic rings. The largest absolute Gasteiger partial charge is 0.416 e. The Morgan fingerprint density at radius 2 is 1.94 bits per heavy atom. The van der Waals surface area contributed by atoms with Crippen molar-refractivity contribution in [2.75, 3.05) is 6.54 Å². The maximum atomic E-state index is 12.7. The smallest absolute Gasteiger partial charge is 0.308 e. The normalized spacial score (nSPS) is 21.4. The summed E-state index contributed by atoms with van der Waals surface area (Å²) in [6, 6.07) is 4.84. The van der Waals surface area contributed by atoms with Crippen molar-refractivity contribution in [1.29, 1.82) is 5.41 Å². The van der Waals surface area contributed by atoms with Gasteiger partial charge in [0.05, 0.1) is 11.6 Å². The number of halogens is 3. The van der Waals surface area contributed by atoms with E-state index in [1.54, 1.807) is 6.07 Å². The van der Waals surface area contributed by atoms with Crippen molar-refractivity contribution < 1.29 is 13.2 Å². The molecule has 1 aromatic rings. The van der Waals surface area contributed by atoms with Gasteiger partial charge in [0.2, 0.25) is 0 Å². The summed E-state index contributed by atoms with van der Waals surface area (Å²) in [7, 11) is 0. The Morgan fingerprint density at radius 3 is 2.50 bits per heavy atom. The maximum absolute atomic E-state index is 12.7. The molecule has 0 saturated carbocycles. The molecule has 0 radical (unpaired) electrons. The first-order valence-corrected chi connectivity index (χ1v) is 4.97. The van der Waals surface area contributed by atoms with Crippen LogP contribution in [-0.2, 0) is 6.18 Å². The topological polar surface area (TPSA) is 35.9 Å². The molecular weight excluding hydrogens is 217 g/mol. The molecule has 16 heavy (non-hydrogen) atoms. The van der Waals surface area contributed by atoms with Gasteiger partial charge in [-0.2, -0.15) is 13.2 Å². The van der Waals surface area contributed by atoms with E-state index in [4.69, 9.17) is 5.41 Å². The fourth-order valence-corrected chi connectivity index (χ4v) is 1.92. The lowest BCUT2D eigenvalue weighted by Crippen LogP contribution is -2.21. The minimum atomic E-state index is -4.36. The van der Waals surface area contributed by atoms with E-state index >= 15 is 0 Å². The van der Waals surface area contributed by atoms with Crippen LogP contribution in [-0.4, -0.2) is 12.3 Å². The highest BCUT2D eigenvalue weighted by molar-refractivity contribution is 5.90. The van der Waals surface area contributed by atoms with Crippen LogP contribution < -0.4 is 5.32 Å². The molecule has 5 heteroatoms. The Balaban J connectivity index is 2.44. The second kappa shape index (κ2) is 3.90. The van der Waals surface area contributed by atoms with Crippen molar-refractivity contribution in [2.45, 2.75) is 18.6 Å². The van der Waals surface area contributed by atoms with E-state index in [0.29, 0.717) is 18.7 Å². The molecular formula is C11H11F3N2. The van der Waals surface area contributed by atoms with Crippen molar-refractivity contribution in [2.24, 2.45) is 0 Å². The molecule has 0 spiro atoms. The number of nitrogens with one attached hydrogen (secondary N) is 2. The van der Waals surface area contributed by atoms with E-state index in [9.17, 15) is 13.2 Å². The predicted octanol–water partition coefficient (Wildman–Crippen LogP) is 2.76. The van der Waals surface area contributed by atoms with Crippen LogP contribution in [0.1, 0.15) is 23.6 Å². The standard InChI is InChI=1S/C11H11F3N2/c12-11(13,14)8-4-2-1-3-7(8)10-9(15)5-6-16-10/h1-4,10,15-16H,5-6H2. The summed E-state index contributed by atoms with van der Waals surface area (Å²) in [6.07, 6.45) is -3.85. The zero-order valence-corrected chi connectivity index (χ0v) is 8.43. The molecule has 2 rings (SSSR count). The van der Waals surface area contributed by atoms with Crippen LogP contribution in [0.3, 0.4) is 0 Å². The Labute approximate surface area is 91.0 Å². The summed E-state index contributed by atoms with van der Waals surface area (Å²) in [5.41, 5.74) is -0.187. The van der Waals surface area contributed by atoms with Gasteiger partial charge in [0.25, 0.3) is 0 Å². The lowest BCUT2D eigenvalue weighted by Gasteiger charge is -2.17. The van der Waals surface area contributed by atoms with Crippen molar-refractivity contribution in [1.82, 2.24) is 5.32 Å². The highest BCUT2D eigenvalue weighted by Gasteiger charge is 2.36. The van der Waals surface area contributed by atoms with Gasteiger partial charge in [-0.25, -0.2) is 0 Å². The first-order chi connectivity index (χ1) is 7.50. The number of hydrogen-bond donors (Lipinski definition) is 2. The van der Waals surface area contributed by atoms with E-state index < -0.39 is 17.8 Å². The van der Waals surface area contributed by atoms with Crippen LogP contribution in [0.4, 0.5) is 13.2 Å². The molecule has 1 heterocycles. The average molecular weight is 228 g/mol. The van der Waals surface area contributed by atoms with Crippen LogP contribution in [0.25, 0.3) is 0 Å². The van der Waals surface area contributed by atoms with Crippen molar-refractivity contribution in [3.8, 4) is 0 Å². The molecule has 1 unspecified atom stereocenters. The molecule has 86 valence electrons. The summed E-state index contributed by atoms with van der Waals surface area (Å²) in [5, 5.41) is 10.5. The SMILES string of the molecule is N=C1CCNC1c1ccccc1C(F)(F)F. The molecule has 0 aromatic heterocycles. The first-order valence-electron chi connectivity index (χ1n) is 4.97. The van der Waals surface area contributed by atoms with Gasteiger partial charge >= 0.3 is 6.18 Å². The van der Waals surface area contributed by atoms with Gasteiger partial charge in [0, 0.05) is 12.3 Å². The summed E-state index contributed by atoms with van der Waals surface area (Å²) in [5.74, 6) is 0. The molecule has 0 bridgehead atoms. The fraction of sp³-hybridized carbons (Fsp3) is 0.364. The molecule has 0 aliphatic carbocycles. The Hall–Kier alpha value is -1.36. The number of rotatable bonds is 1. The summed E-state index contributed by atoms with van der Waals surface area (Å²) >= 11 is 0. The molecule has 1 atom stereocenters. The molecule has 1 saturated heterocycles. The first kappa shape index (κ1) is 11.1. The van der Waals surface area contributed by atoms with Crippen LogP contribution in [0.2, 0.25) is 0 Å². The van der Waals surface area contributed by atoms with Crippen LogP contribution in [0.15, 0.2) is 24.3 Å².